The standard InChI is InChI=1S/C19H26N4O3/c1-13-16(12-25-21-13)11-17(24)23-9-7-15(8-10-23)19-20-18(22-26-19)14-5-3-2-4-6-14/h12,14-15H,2-11H2,1H3. The molecule has 7 heteroatoms. The Kier molecular flexibility index (Phi) is 5.04. The van der Waals surface area contributed by atoms with Crippen molar-refractivity contribution in [1.82, 2.24) is 20.2 Å². The van der Waals surface area contributed by atoms with Crippen molar-refractivity contribution in [2.45, 2.75) is 70.1 Å². The molecule has 2 aromatic heterocycles. The van der Waals surface area contributed by atoms with Gasteiger partial charge in [-0.2, -0.15) is 4.98 Å². The first kappa shape index (κ1) is 17.2. The van der Waals surface area contributed by atoms with Gasteiger partial charge in [-0.25, -0.2) is 0 Å². The highest BCUT2D eigenvalue weighted by Crippen LogP contribution is 2.33. The number of nitrogens with zero attached hydrogens (tertiary/aromatic N) is 4. The molecule has 2 aromatic rings. The van der Waals surface area contributed by atoms with Crippen molar-refractivity contribution >= 4 is 5.91 Å². The number of carbonyl (C=O) groups is 1. The lowest BCUT2D eigenvalue weighted by Crippen LogP contribution is -2.38. The molecule has 140 valence electrons. The average molecular weight is 358 g/mol. The van der Waals surface area contributed by atoms with Crippen LogP contribution < -0.4 is 0 Å². The van der Waals surface area contributed by atoms with E-state index >= 15 is 0 Å². The van der Waals surface area contributed by atoms with E-state index in [1.807, 2.05) is 11.8 Å². The molecule has 3 heterocycles. The molecule has 4 rings (SSSR count). The van der Waals surface area contributed by atoms with Crippen LogP contribution in [0.25, 0.3) is 0 Å². The quantitative estimate of drug-likeness (QED) is 0.833. The maximum Gasteiger partial charge on any atom is 0.229 e. The fourth-order valence-electron chi connectivity index (χ4n) is 4.07. The minimum atomic E-state index is 0.128. The lowest BCUT2D eigenvalue weighted by atomic mass is 9.89. The first-order chi connectivity index (χ1) is 12.7. The van der Waals surface area contributed by atoms with Crippen molar-refractivity contribution < 1.29 is 13.8 Å². The highest BCUT2D eigenvalue weighted by Gasteiger charge is 2.29. The molecule has 0 atom stereocenters. The van der Waals surface area contributed by atoms with E-state index < -0.39 is 0 Å². The van der Waals surface area contributed by atoms with E-state index in [-0.39, 0.29) is 11.8 Å². The van der Waals surface area contributed by atoms with Crippen molar-refractivity contribution in [3.8, 4) is 0 Å². The summed E-state index contributed by atoms with van der Waals surface area (Å²) >= 11 is 0. The summed E-state index contributed by atoms with van der Waals surface area (Å²) in [5, 5.41) is 8.08. The summed E-state index contributed by atoms with van der Waals surface area (Å²) in [6, 6.07) is 0. The van der Waals surface area contributed by atoms with E-state index in [0.29, 0.717) is 12.3 Å². The average Bonchev–Trinajstić information content (AvgIpc) is 3.32. The van der Waals surface area contributed by atoms with Crippen LogP contribution in [0.4, 0.5) is 0 Å². The summed E-state index contributed by atoms with van der Waals surface area (Å²) in [6.45, 7) is 3.32. The normalized spacial score (nSPS) is 19.8. The number of carbonyl (C=O) groups excluding carboxylic acids is 1. The predicted molar refractivity (Wildman–Crippen MR) is 93.6 cm³/mol. The van der Waals surface area contributed by atoms with Crippen molar-refractivity contribution in [3.05, 3.63) is 29.2 Å². The summed E-state index contributed by atoms with van der Waals surface area (Å²) in [6.07, 6.45) is 9.87. The van der Waals surface area contributed by atoms with E-state index in [1.54, 1.807) is 6.26 Å². The van der Waals surface area contributed by atoms with Crippen LogP contribution in [0.15, 0.2) is 15.3 Å². The van der Waals surface area contributed by atoms with Crippen molar-refractivity contribution in [2.24, 2.45) is 0 Å². The second-order valence-corrected chi connectivity index (χ2v) is 7.58. The van der Waals surface area contributed by atoms with E-state index in [4.69, 9.17) is 14.0 Å². The van der Waals surface area contributed by atoms with Gasteiger partial charge in [-0.3, -0.25) is 4.79 Å². The fraction of sp³-hybridized carbons (Fsp3) is 0.684. The molecule has 0 unspecified atom stereocenters. The smallest absolute Gasteiger partial charge is 0.229 e. The van der Waals surface area contributed by atoms with E-state index in [0.717, 1.165) is 48.9 Å². The van der Waals surface area contributed by atoms with Gasteiger partial charge in [0.2, 0.25) is 11.8 Å². The van der Waals surface area contributed by atoms with Gasteiger partial charge in [-0.15, -0.1) is 0 Å². The number of aromatic nitrogens is 3. The molecule has 0 aromatic carbocycles. The first-order valence-corrected chi connectivity index (χ1v) is 9.72. The van der Waals surface area contributed by atoms with Gasteiger partial charge in [-0.1, -0.05) is 29.6 Å². The second kappa shape index (κ2) is 7.60. The predicted octanol–water partition coefficient (Wildman–Crippen LogP) is 3.36. The Morgan fingerprint density at radius 2 is 1.88 bits per heavy atom. The molecular formula is C19H26N4O3. The van der Waals surface area contributed by atoms with Crippen molar-refractivity contribution in [3.63, 3.8) is 0 Å². The molecule has 1 amide bonds. The minimum absolute atomic E-state index is 0.128. The van der Waals surface area contributed by atoms with Crippen LogP contribution >= 0.6 is 0 Å². The molecule has 0 N–H and O–H groups in total. The Balaban J connectivity index is 1.31. The number of aryl methyl sites for hydroxylation is 1. The van der Waals surface area contributed by atoms with Crippen molar-refractivity contribution in [1.29, 1.82) is 0 Å². The van der Waals surface area contributed by atoms with Crippen LogP contribution in [0.1, 0.15) is 79.8 Å². The van der Waals surface area contributed by atoms with Gasteiger partial charge in [0.1, 0.15) is 6.26 Å². The summed E-state index contributed by atoms with van der Waals surface area (Å²) in [5.41, 5.74) is 1.65. The van der Waals surface area contributed by atoms with Gasteiger partial charge in [0.15, 0.2) is 5.82 Å². The molecule has 1 saturated carbocycles. The number of amides is 1. The highest BCUT2D eigenvalue weighted by atomic mass is 16.5. The third-order valence-corrected chi connectivity index (χ3v) is 5.82. The molecule has 7 nitrogen and oxygen atoms in total. The maximum absolute atomic E-state index is 12.5. The van der Waals surface area contributed by atoms with Gasteiger partial charge in [-0.05, 0) is 32.6 Å². The summed E-state index contributed by atoms with van der Waals surface area (Å²) in [7, 11) is 0. The van der Waals surface area contributed by atoms with Gasteiger partial charge < -0.3 is 13.9 Å². The third kappa shape index (κ3) is 3.66. The first-order valence-electron chi connectivity index (χ1n) is 9.72. The zero-order chi connectivity index (χ0) is 17.9. The van der Waals surface area contributed by atoms with E-state index in [2.05, 4.69) is 10.3 Å². The maximum atomic E-state index is 12.5. The number of hydrogen-bond acceptors (Lipinski definition) is 6. The van der Waals surface area contributed by atoms with Gasteiger partial charge in [0, 0.05) is 30.5 Å². The van der Waals surface area contributed by atoms with Gasteiger partial charge in [0.25, 0.3) is 0 Å². The molecule has 0 bridgehead atoms. The Morgan fingerprint density at radius 3 is 2.58 bits per heavy atom. The van der Waals surface area contributed by atoms with Crippen molar-refractivity contribution in [2.75, 3.05) is 13.1 Å². The molecule has 1 aliphatic heterocycles. The Hall–Kier alpha value is -2.18. The minimum Gasteiger partial charge on any atom is -0.364 e. The fourth-order valence-corrected chi connectivity index (χ4v) is 4.07. The Bertz CT molecular complexity index is 740. The lowest BCUT2D eigenvalue weighted by Gasteiger charge is -2.30. The molecule has 2 fully saturated rings. The number of rotatable bonds is 4. The number of likely N-dealkylation sites (tertiary alicyclic amines) is 1. The monoisotopic (exact) mass is 358 g/mol. The largest absolute Gasteiger partial charge is 0.364 e. The molecule has 0 spiro atoms. The second-order valence-electron chi connectivity index (χ2n) is 7.58. The van der Waals surface area contributed by atoms with Gasteiger partial charge in [0.05, 0.1) is 12.1 Å². The Morgan fingerprint density at radius 1 is 1.12 bits per heavy atom. The number of hydrogen-bond donors (Lipinski definition) is 0. The highest BCUT2D eigenvalue weighted by molar-refractivity contribution is 5.79. The Labute approximate surface area is 153 Å². The molecule has 26 heavy (non-hydrogen) atoms. The molecule has 1 aliphatic carbocycles. The topological polar surface area (TPSA) is 85.3 Å². The molecule has 2 aliphatic rings. The number of piperidine rings is 1. The summed E-state index contributed by atoms with van der Waals surface area (Å²) in [4.78, 5) is 19.1. The zero-order valence-electron chi connectivity index (χ0n) is 15.3. The molecular weight excluding hydrogens is 332 g/mol. The van der Waals surface area contributed by atoms with Crippen LogP contribution in [-0.2, 0) is 11.2 Å². The molecule has 1 saturated heterocycles. The SMILES string of the molecule is Cc1nocc1CC(=O)N1CCC(c2nc(C3CCCCC3)no2)CC1. The summed E-state index contributed by atoms with van der Waals surface area (Å²) < 4.78 is 10.5. The van der Waals surface area contributed by atoms with Gasteiger partial charge >= 0.3 is 0 Å². The van der Waals surface area contributed by atoms with Crippen LogP contribution in [0, 0.1) is 6.92 Å². The van der Waals surface area contributed by atoms with E-state index in [9.17, 15) is 4.79 Å². The molecule has 0 radical (unpaired) electrons. The van der Waals surface area contributed by atoms with Crippen LogP contribution in [0.2, 0.25) is 0 Å². The van der Waals surface area contributed by atoms with Crippen LogP contribution in [0.5, 0.6) is 0 Å². The van der Waals surface area contributed by atoms with Crippen LogP contribution in [-0.4, -0.2) is 39.2 Å². The zero-order valence-corrected chi connectivity index (χ0v) is 15.3. The van der Waals surface area contributed by atoms with Crippen LogP contribution in [0.3, 0.4) is 0 Å². The summed E-state index contributed by atoms with van der Waals surface area (Å²) in [5.74, 6) is 2.51. The lowest BCUT2D eigenvalue weighted by molar-refractivity contribution is -0.131. The van der Waals surface area contributed by atoms with E-state index in [1.165, 1.54) is 32.1 Å². The third-order valence-electron chi connectivity index (χ3n) is 5.82.